The van der Waals surface area contributed by atoms with E-state index in [9.17, 15) is 0 Å². The summed E-state index contributed by atoms with van der Waals surface area (Å²) < 4.78 is 11.0. The highest BCUT2D eigenvalue weighted by Crippen LogP contribution is 2.13. The third-order valence-corrected chi connectivity index (χ3v) is 2.74. The van der Waals surface area contributed by atoms with E-state index >= 15 is 0 Å². The second kappa shape index (κ2) is 4.57. The topological polar surface area (TPSA) is 43.2 Å². The maximum absolute atomic E-state index is 5.55. The molecule has 2 aliphatic heterocycles. The normalized spacial score (nSPS) is 19.1. The summed E-state index contributed by atoms with van der Waals surface area (Å²) in [6, 6.07) is 8.00. The standard InChI is InChI=1S/C13H14N2O2/c1-3-10(12-14-5-2-7-16-12)9-11(4-1)13-15-6-8-17-13/h1,3-4,9H,2,5-8H2. The summed E-state index contributed by atoms with van der Waals surface area (Å²) in [6.07, 6.45) is 0.999. The molecule has 0 saturated heterocycles. The third-order valence-electron chi connectivity index (χ3n) is 2.74. The van der Waals surface area contributed by atoms with Gasteiger partial charge in [0.15, 0.2) is 0 Å². The highest BCUT2D eigenvalue weighted by molar-refractivity contribution is 6.00. The molecule has 4 heteroatoms. The molecule has 0 N–H and O–H groups in total. The lowest BCUT2D eigenvalue weighted by Crippen LogP contribution is -2.15. The molecule has 1 aromatic rings. The molecule has 0 bridgehead atoms. The predicted molar refractivity (Wildman–Crippen MR) is 65.8 cm³/mol. The minimum Gasteiger partial charge on any atom is -0.477 e. The molecule has 0 aliphatic carbocycles. The van der Waals surface area contributed by atoms with Gasteiger partial charge in [0.25, 0.3) is 0 Å². The zero-order valence-electron chi connectivity index (χ0n) is 9.56. The molecule has 17 heavy (non-hydrogen) atoms. The van der Waals surface area contributed by atoms with Gasteiger partial charge >= 0.3 is 0 Å². The smallest absolute Gasteiger partial charge is 0.216 e. The lowest BCUT2D eigenvalue weighted by atomic mass is 10.1. The maximum Gasteiger partial charge on any atom is 0.216 e. The van der Waals surface area contributed by atoms with E-state index in [0.717, 1.165) is 49.0 Å². The Balaban J connectivity index is 1.90. The van der Waals surface area contributed by atoms with E-state index in [1.165, 1.54) is 0 Å². The summed E-state index contributed by atoms with van der Waals surface area (Å²) in [4.78, 5) is 8.69. The van der Waals surface area contributed by atoms with Crippen molar-refractivity contribution in [3.05, 3.63) is 35.4 Å². The van der Waals surface area contributed by atoms with Crippen LogP contribution in [0.15, 0.2) is 34.3 Å². The van der Waals surface area contributed by atoms with Crippen LogP contribution in [0, 0.1) is 0 Å². The van der Waals surface area contributed by atoms with Crippen LogP contribution in [0.4, 0.5) is 0 Å². The Morgan fingerprint density at radius 1 is 0.882 bits per heavy atom. The Hall–Kier alpha value is -1.84. The molecule has 1 aromatic carbocycles. The molecule has 88 valence electrons. The molecule has 0 radical (unpaired) electrons. The number of rotatable bonds is 2. The number of ether oxygens (including phenoxy) is 2. The number of hydrogen-bond acceptors (Lipinski definition) is 4. The van der Waals surface area contributed by atoms with E-state index in [4.69, 9.17) is 9.47 Å². The molecule has 0 spiro atoms. The van der Waals surface area contributed by atoms with E-state index in [2.05, 4.69) is 9.98 Å². The average Bonchev–Trinajstić information content (AvgIpc) is 2.94. The molecule has 0 aromatic heterocycles. The van der Waals surface area contributed by atoms with Gasteiger partial charge in [0.1, 0.15) is 6.61 Å². The van der Waals surface area contributed by atoms with Crippen molar-refractivity contribution < 1.29 is 9.47 Å². The van der Waals surface area contributed by atoms with Crippen molar-refractivity contribution in [1.82, 2.24) is 0 Å². The summed E-state index contributed by atoms with van der Waals surface area (Å²) in [5.41, 5.74) is 2.00. The van der Waals surface area contributed by atoms with E-state index in [0.29, 0.717) is 6.61 Å². The van der Waals surface area contributed by atoms with Crippen LogP contribution in [0.5, 0.6) is 0 Å². The molecular formula is C13H14N2O2. The van der Waals surface area contributed by atoms with Crippen LogP contribution < -0.4 is 0 Å². The highest BCUT2D eigenvalue weighted by atomic mass is 16.5. The Kier molecular flexibility index (Phi) is 2.78. The van der Waals surface area contributed by atoms with Crippen molar-refractivity contribution in [3.63, 3.8) is 0 Å². The highest BCUT2D eigenvalue weighted by Gasteiger charge is 2.14. The van der Waals surface area contributed by atoms with Crippen LogP contribution in [-0.4, -0.2) is 38.1 Å². The summed E-state index contributed by atoms with van der Waals surface area (Å²) in [7, 11) is 0. The predicted octanol–water partition coefficient (Wildman–Crippen LogP) is 1.63. The Morgan fingerprint density at radius 3 is 2.18 bits per heavy atom. The minimum atomic E-state index is 0.678. The Labute approximate surface area is 100.0 Å². The third kappa shape index (κ3) is 2.16. The van der Waals surface area contributed by atoms with E-state index < -0.39 is 0 Å². The van der Waals surface area contributed by atoms with Gasteiger partial charge in [-0.15, -0.1) is 0 Å². The largest absolute Gasteiger partial charge is 0.477 e. The first-order chi connectivity index (χ1) is 8.43. The van der Waals surface area contributed by atoms with Crippen molar-refractivity contribution >= 4 is 11.8 Å². The summed E-state index contributed by atoms with van der Waals surface area (Å²) in [5.74, 6) is 1.46. The summed E-state index contributed by atoms with van der Waals surface area (Å²) >= 11 is 0. The van der Waals surface area contributed by atoms with Gasteiger partial charge in [-0.3, -0.25) is 4.99 Å². The first-order valence-corrected chi connectivity index (χ1v) is 5.89. The second-order valence-corrected chi connectivity index (χ2v) is 4.01. The van der Waals surface area contributed by atoms with Crippen LogP contribution in [0.25, 0.3) is 0 Å². The summed E-state index contributed by atoms with van der Waals surface area (Å²) in [5, 5.41) is 0. The van der Waals surface area contributed by atoms with E-state index in [1.54, 1.807) is 0 Å². The molecule has 2 aliphatic rings. The van der Waals surface area contributed by atoms with Crippen LogP contribution in [0.1, 0.15) is 17.5 Å². The van der Waals surface area contributed by atoms with Crippen LogP contribution in [0.3, 0.4) is 0 Å². The van der Waals surface area contributed by atoms with Gasteiger partial charge in [-0.1, -0.05) is 6.07 Å². The number of nitrogens with zero attached hydrogens (tertiary/aromatic N) is 2. The molecule has 0 saturated carbocycles. The SMILES string of the molecule is c1cc(C2=NCCCO2)cc(C2=NCCO2)c1. The number of hydrogen-bond donors (Lipinski definition) is 0. The van der Waals surface area contributed by atoms with Crippen LogP contribution in [0.2, 0.25) is 0 Å². The van der Waals surface area contributed by atoms with Crippen molar-refractivity contribution in [2.75, 3.05) is 26.3 Å². The number of benzene rings is 1. The fourth-order valence-corrected chi connectivity index (χ4v) is 1.93. The molecule has 2 heterocycles. The zero-order valence-corrected chi connectivity index (χ0v) is 9.56. The van der Waals surface area contributed by atoms with Crippen LogP contribution >= 0.6 is 0 Å². The lowest BCUT2D eigenvalue weighted by molar-refractivity contribution is 0.284. The quantitative estimate of drug-likeness (QED) is 0.775. The number of aliphatic imine (C=N–C) groups is 2. The van der Waals surface area contributed by atoms with Crippen molar-refractivity contribution in [2.24, 2.45) is 9.98 Å². The average molecular weight is 230 g/mol. The van der Waals surface area contributed by atoms with Gasteiger partial charge in [-0.2, -0.15) is 0 Å². The molecule has 0 unspecified atom stereocenters. The fourth-order valence-electron chi connectivity index (χ4n) is 1.93. The molecule has 4 nitrogen and oxygen atoms in total. The first-order valence-electron chi connectivity index (χ1n) is 5.89. The van der Waals surface area contributed by atoms with Gasteiger partial charge in [0, 0.05) is 24.1 Å². The van der Waals surface area contributed by atoms with Gasteiger partial charge in [-0.25, -0.2) is 4.99 Å². The van der Waals surface area contributed by atoms with E-state index in [-0.39, 0.29) is 0 Å². The summed E-state index contributed by atoms with van der Waals surface area (Å²) in [6.45, 7) is 3.02. The van der Waals surface area contributed by atoms with Gasteiger partial charge in [0.05, 0.1) is 13.2 Å². The van der Waals surface area contributed by atoms with Gasteiger partial charge in [0.2, 0.25) is 11.8 Å². The molecule has 0 amide bonds. The lowest BCUT2D eigenvalue weighted by Gasteiger charge is -2.14. The Morgan fingerprint density at radius 2 is 1.59 bits per heavy atom. The minimum absolute atomic E-state index is 0.678. The zero-order chi connectivity index (χ0) is 11.5. The van der Waals surface area contributed by atoms with Crippen LogP contribution in [-0.2, 0) is 9.47 Å². The van der Waals surface area contributed by atoms with Gasteiger partial charge < -0.3 is 9.47 Å². The molecular weight excluding hydrogens is 216 g/mol. The fraction of sp³-hybridized carbons (Fsp3) is 0.385. The van der Waals surface area contributed by atoms with Gasteiger partial charge in [-0.05, 0) is 18.2 Å². The monoisotopic (exact) mass is 230 g/mol. The molecule has 0 atom stereocenters. The first kappa shape index (κ1) is 10.3. The van der Waals surface area contributed by atoms with E-state index in [1.807, 2.05) is 24.3 Å². The van der Waals surface area contributed by atoms with Crippen molar-refractivity contribution in [3.8, 4) is 0 Å². The Bertz CT molecular complexity index is 480. The molecule has 3 rings (SSSR count). The van der Waals surface area contributed by atoms with Crippen molar-refractivity contribution in [1.29, 1.82) is 0 Å². The maximum atomic E-state index is 5.55. The second-order valence-electron chi connectivity index (χ2n) is 4.01. The molecule has 0 fully saturated rings. The van der Waals surface area contributed by atoms with Crippen molar-refractivity contribution in [2.45, 2.75) is 6.42 Å².